The van der Waals surface area contributed by atoms with Gasteiger partial charge < -0.3 is 10.7 Å². The Bertz CT molecular complexity index is 466. The van der Waals surface area contributed by atoms with Gasteiger partial charge in [0.2, 0.25) is 5.91 Å². The molecular formula is C13H16F2N2O. The van der Waals surface area contributed by atoms with E-state index in [1.54, 1.807) is 13.0 Å². The predicted octanol–water partition coefficient (Wildman–Crippen LogP) is 3.41. The molecule has 98 valence electrons. The molecule has 0 heterocycles. The minimum atomic E-state index is -2.94. The molecule has 5 heteroatoms. The van der Waals surface area contributed by atoms with Crippen molar-refractivity contribution < 1.29 is 13.6 Å². The number of halogens is 2. The molecule has 0 aliphatic carbocycles. The summed E-state index contributed by atoms with van der Waals surface area (Å²) in [5.41, 5.74) is 0.385. The normalized spacial score (nSPS) is 12.9. The molecule has 0 bridgehead atoms. The van der Waals surface area contributed by atoms with Crippen molar-refractivity contribution in [3.05, 3.63) is 29.8 Å². The molecule has 0 aliphatic rings. The van der Waals surface area contributed by atoms with E-state index in [9.17, 15) is 13.6 Å². The van der Waals surface area contributed by atoms with Gasteiger partial charge in [0.25, 0.3) is 5.92 Å². The maximum atomic E-state index is 13.1. The first-order chi connectivity index (χ1) is 8.21. The molecule has 0 saturated heterocycles. The number of carbonyl (C=O) groups is 1. The summed E-state index contributed by atoms with van der Waals surface area (Å²) in [6, 6.07) is 5.55. The summed E-state index contributed by atoms with van der Waals surface area (Å²) < 4.78 is 26.2. The Balaban J connectivity index is 2.86. The average molecular weight is 254 g/mol. The molecule has 0 fully saturated rings. The van der Waals surface area contributed by atoms with Gasteiger partial charge in [-0.25, -0.2) is 8.78 Å². The SMILES string of the molecule is CC(=N)C(C)C(=O)Nc1cccc(C(C)(F)F)c1. The molecule has 2 N–H and O–H groups in total. The number of hydrogen-bond donors (Lipinski definition) is 2. The summed E-state index contributed by atoms with van der Waals surface area (Å²) in [5, 5.41) is 9.88. The lowest BCUT2D eigenvalue weighted by molar-refractivity contribution is -0.117. The van der Waals surface area contributed by atoms with Crippen molar-refractivity contribution in [2.75, 3.05) is 5.32 Å². The molecule has 0 radical (unpaired) electrons. The number of rotatable bonds is 4. The van der Waals surface area contributed by atoms with E-state index in [0.29, 0.717) is 5.69 Å². The number of carbonyl (C=O) groups excluding carboxylic acids is 1. The Labute approximate surface area is 105 Å². The lowest BCUT2D eigenvalue weighted by Gasteiger charge is -2.14. The summed E-state index contributed by atoms with van der Waals surface area (Å²) in [6.45, 7) is 3.93. The van der Waals surface area contributed by atoms with Gasteiger partial charge in [0.1, 0.15) is 0 Å². The van der Waals surface area contributed by atoms with E-state index >= 15 is 0 Å². The molecule has 1 atom stereocenters. The van der Waals surface area contributed by atoms with Gasteiger partial charge in [-0.2, -0.15) is 0 Å². The topological polar surface area (TPSA) is 53.0 Å². The highest BCUT2D eigenvalue weighted by Gasteiger charge is 2.24. The maximum Gasteiger partial charge on any atom is 0.270 e. The van der Waals surface area contributed by atoms with Crippen LogP contribution in [0.1, 0.15) is 26.3 Å². The molecule has 1 amide bonds. The highest BCUT2D eigenvalue weighted by atomic mass is 19.3. The van der Waals surface area contributed by atoms with Crippen molar-refractivity contribution in [1.29, 1.82) is 5.41 Å². The fourth-order valence-corrected chi connectivity index (χ4v) is 1.32. The third-order valence-corrected chi connectivity index (χ3v) is 2.68. The van der Waals surface area contributed by atoms with Gasteiger partial charge >= 0.3 is 0 Å². The van der Waals surface area contributed by atoms with E-state index in [4.69, 9.17) is 5.41 Å². The Kier molecular flexibility index (Phi) is 4.16. The van der Waals surface area contributed by atoms with Gasteiger partial charge in [0, 0.05) is 23.9 Å². The summed E-state index contributed by atoms with van der Waals surface area (Å²) in [4.78, 5) is 11.7. The molecule has 0 aromatic heterocycles. The van der Waals surface area contributed by atoms with Crippen LogP contribution in [0.2, 0.25) is 0 Å². The zero-order valence-corrected chi connectivity index (χ0v) is 10.6. The van der Waals surface area contributed by atoms with Crippen LogP contribution in [0.25, 0.3) is 0 Å². The number of alkyl halides is 2. The molecule has 0 aliphatic heterocycles. The smallest absolute Gasteiger partial charge is 0.270 e. The number of nitrogens with one attached hydrogen (secondary N) is 2. The first kappa shape index (κ1) is 14.3. The van der Waals surface area contributed by atoms with E-state index in [2.05, 4.69) is 5.32 Å². The van der Waals surface area contributed by atoms with Crippen LogP contribution in [0.4, 0.5) is 14.5 Å². The maximum absolute atomic E-state index is 13.1. The summed E-state index contributed by atoms with van der Waals surface area (Å²) in [7, 11) is 0. The van der Waals surface area contributed by atoms with Crippen molar-refractivity contribution >= 4 is 17.3 Å². The molecule has 3 nitrogen and oxygen atoms in total. The van der Waals surface area contributed by atoms with Crippen LogP contribution < -0.4 is 5.32 Å². The van der Waals surface area contributed by atoms with Crippen molar-refractivity contribution in [3.63, 3.8) is 0 Å². The molecule has 0 saturated carbocycles. The van der Waals surface area contributed by atoms with E-state index in [1.165, 1.54) is 25.1 Å². The number of anilines is 1. The van der Waals surface area contributed by atoms with Gasteiger partial charge in [-0.05, 0) is 26.0 Å². The predicted molar refractivity (Wildman–Crippen MR) is 67.2 cm³/mol. The summed E-state index contributed by atoms with van der Waals surface area (Å²) >= 11 is 0. The molecule has 18 heavy (non-hydrogen) atoms. The minimum Gasteiger partial charge on any atom is -0.326 e. The van der Waals surface area contributed by atoms with Crippen LogP contribution in [0.15, 0.2) is 24.3 Å². The Morgan fingerprint density at radius 1 is 1.44 bits per heavy atom. The van der Waals surface area contributed by atoms with Gasteiger partial charge in [-0.3, -0.25) is 4.79 Å². The van der Waals surface area contributed by atoms with E-state index in [0.717, 1.165) is 6.92 Å². The average Bonchev–Trinajstić information content (AvgIpc) is 2.27. The van der Waals surface area contributed by atoms with Gasteiger partial charge in [0.15, 0.2) is 0 Å². The molecule has 1 rings (SSSR count). The Morgan fingerprint density at radius 2 is 2.06 bits per heavy atom. The lowest BCUT2D eigenvalue weighted by atomic mass is 10.1. The second-order valence-electron chi connectivity index (χ2n) is 4.36. The Hall–Kier alpha value is -1.78. The third-order valence-electron chi connectivity index (χ3n) is 2.68. The fraction of sp³-hybridized carbons (Fsp3) is 0.385. The monoisotopic (exact) mass is 254 g/mol. The fourth-order valence-electron chi connectivity index (χ4n) is 1.32. The molecule has 0 spiro atoms. The summed E-state index contributed by atoms with van der Waals surface area (Å²) in [6.07, 6.45) is 0. The van der Waals surface area contributed by atoms with Crippen LogP contribution in [-0.2, 0) is 10.7 Å². The standard InChI is InChI=1S/C13H16F2N2O/c1-8(9(2)16)12(18)17-11-6-4-5-10(7-11)13(3,14)15/h4-8,16H,1-3H3,(H,17,18). The molecule has 1 aromatic rings. The second kappa shape index (κ2) is 5.25. The van der Waals surface area contributed by atoms with Crippen LogP contribution in [0.3, 0.4) is 0 Å². The molecular weight excluding hydrogens is 238 g/mol. The Morgan fingerprint density at radius 3 is 2.56 bits per heavy atom. The highest BCUT2D eigenvalue weighted by Crippen LogP contribution is 2.28. The first-order valence-electron chi connectivity index (χ1n) is 5.56. The zero-order chi connectivity index (χ0) is 13.9. The van der Waals surface area contributed by atoms with E-state index in [1.807, 2.05) is 0 Å². The summed E-state index contributed by atoms with van der Waals surface area (Å²) in [5.74, 6) is -3.89. The lowest BCUT2D eigenvalue weighted by Crippen LogP contribution is -2.25. The van der Waals surface area contributed by atoms with Crippen LogP contribution in [0, 0.1) is 11.3 Å². The van der Waals surface area contributed by atoms with Gasteiger partial charge in [-0.1, -0.05) is 12.1 Å². The number of hydrogen-bond acceptors (Lipinski definition) is 2. The van der Waals surface area contributed by atoms with Crippen LogP contribution in [0.5, 0.6) is 0 Å². The van der Waals surface area contributed by atoms with Crippen molar-refractivity contribution in [1.82, 2.24) is 0 Å². The minimum absolute atomic E-state index is 0.153. The third kappa shape index (κ3) is 3.61. The zero-order valence-electron chi connectivity index (χ0n) is 10.6. The van der Waals surface area contributed by atoms with Crippen molar-refractivity contribution in [2.45, 2.75) is 26.7 Å². The highest BCUT2D eigenvalue weighted by molar-refractivity contribution is 6.07. The second-order valence-corrected chi connectivity index (χ2v) is 4.36. The number of benzene rings is 1. The van der Waals surface area contributed by atoms with Crippen molar-refractivity contribution in [3.8, 4) is 0 Å². The van der Waals surface area contributed by atoms with Gasteiger partial charge in [-0.15, -0.1) is 0 Å². The van der Waals surface area contributed by atoms with Crippen molar-refractivity contribution in [2.24, 2.45) is 5.92 Å². The molecule has 1 unspecified atom stereocenters. The van der Waals surface area contributed by atoms with E-state index in [-0.39, 0.29) is 17.2 Å². The quantitative estimate of drug-likeness (QED) is 0.795. The van der Waals surface area contributed by atoms with Crippen LogP contribution >= 0.6 is 0 Å². The molecule has 1 aromatic carbocycles. The first-order valence-corrected chi connectivity index (χ1v) is 5.56. The van der Waals surface area contributed by atoms with Gasteiger partial charge in [0.05, 0.1) is 5.92 Å². The van der Waals surface area contributed by atoms with Crippen LogP contribution in [-0.4, -0.2) is 11.6 Å². The largest absolute Gasteiger partial charge is 0.326 e. The number of amides is 1. The van der Waals surface area contributed by atoms with E-state index < -0.39 is 11.8 Å².